The highest BCUT2D eigenvalue weighted by Gasteiger charge is 2.33. The van der Waals surface area contributed by atoms with E-state index in [-0.39, 0.29) is 16.8 Å². The number of benzene rings is 2. The zero-order chi connectivity index (χ0) is 18.6. The van der Waals surface area contributed by atoms with Gasteiger partial charge in [0.1, 0.15) is 5.69 Å². The van der Waals surface area contributed by atoms with Gasteiger partial charge in [0.2, 0.25) is 0 Å². The van der Waals surface area contributed by atoms with Crippen LogP contribution in [0.15, 0.2) is 42.5 Å². The molecule has 2 aromatic carbocycles. The standard InChI is InChI=1S/C15H9F3N4O3/c16-15(17,18)11-4-5-12(13(7-11)22(24)25)20-21-14(23)10-3-1-2-9(6-10)8-19/h1-7,20H,(H,21,23). The van der Waals surface area contributed by atoms with Gasteiger partial charge in [0.25, 0.3) is 11.6 Å². The van der Waals surface area contributed by atoms with Gasteiger partial charge < -0.3 is 0 Å². The second kappa shape index (κ2) is 6.88. The Morgan fingerprint density at radius 1 is 1.20 bits per heavy atom. The number of nitrogens with zero attached hydrogens (tertiary/aromatic N) is 2. The first-order valence-electron chi connectivity index (χ1n) is 6.64. The molecule has 0 atom stereocenters. The normalized spacial score (nSPS) is 10.6. The second-order valence-electron chi connectivity index (χ2n) is 4.76. The molecule has 25 heavy (non-hydrogen) atoms. The third-order valence-electron chi connectivity index (χ3n) is 3.09. The number of hydrogen-bond acceptors (Lipinski definition) is 5. The molecule has 2 N–H and O–H groups in total. The van der Waals surface area contributed by atoms with E-state index in [2.05, 4.69) is 10.9 Å². The Kier molecular flexibility index (Phi) is 4.88. The molecule has 2 rings (SSSR count). The topological polar surface area (TPSA) is 108 Å². The first kappa shape index (κ1) is 17.7. The molecule has 0 bridgehead atoms. The Balaban J connectivity index is 2.21. The zero-order valence-corrected chi connectivity index (χ0v) is 12.3. The van der Waals surface area contributed by atoms with Gasteiger partial charge in [-0.15, -0.1) is 0 Å². The highest BCUT2D eigenvalue weighted by Crippen LogP contribution is 2.34. The zero-order valence-electron chi connectivity index (χ0n) is 12.3. The molecule has 0 spiro atoms. The van der Waals surface area contributed by atoms with Gasteiger partial charge in [-0.2, -0.15) is 18.4 Å². The smallest absolute Gasteiger partial charge is 0.292 e. The maximum atomic E-state index is 12.6. The Morgan fingerprint density at radius 2 is 1.92 bits per heavy atom. The molecule has 0 fully saturated rings. The molecule has 0 radical (unpaired) electrons. The fourth-order valence-electron chi connectivity index (χ4n) is 1.89. The lowest BCUT2D eigenvalue weighted by molar-refractivity contribution is -0.384. The van der Waals surface area contributed by atoms with Crippen LogP contribution in [0.25, 0.3) is 0 Å². The van der Waals surface area contributed by atoms with Crippen LogP contribution in [-0.4, -0.2) is 10.8 Å². The highest BCUT2D eigenvalue weighted by atomic mass is 19.4. The summed E-state index contributed by atoms with van der Waals surface area (Å²) in [5.41, 5.74) is 2.34. The van der Waals surface area contributed by atoms with Crippen molar-refractivity contribution in [3.8, 4) is 6.07 Å². The second-order valence-corrected chi connectivity index (χ2v) is 4.76. The lowest BCUT2D eigenvalue weighted by atomic mass is 10.1. The quantitative estimate of drug-likeness (QED) is 0.650. The van der Waals surface area contributed by atoms with Crippen LogP contribution in [0.3, 0.4) is 0 Å². The molecule has 2 aromatic rings. The van der Waals surface area contributed by atoms with Crippen molar-refractivity contribution < 1.29 is 22.9 Å². The van der Waals surface area contributed by atoms with Gasteiger partial charge in [-0.3, -0.25) is 25.8 Å². The first-order valence-corrected chi connectivity index (χ1v) is 6.64. The molecular formula is C15H9F3N4O3. The molecule has 7 nitrogen and oxygen atoms in total. The summed E-state index contributed by atoms with van der Waals surface area (Å²) < 4.78 is 37.9. The molecule has 0 aromatic heterocycles. The van der Waals surface area contributed by atoms with Crippen molar-refractivity contribution in [2.75, 3.05) is 5.43 Å². The Morgan fingerprint density at radius 3 is 2.52 bits per heavy atom. The number of hydrogen-bond donors (Lipinski definition) is 2. The van der Waals surface area contributed by atoms with Gasteiger partial charge in [0.05, 0.1) is 22.1 Å². The summed E-state index contributed by atoms with van der Waals surface area (Å²) in [6.45, 7) is 0. The first-order chi connectivity index (χ1) is 11.7. The van der Waals surface area contributed by atoms with E-state index in [0.717, 1.165) is 6.07 Å². The number of halogens is 3. The van der Waals surface area contributed by atoms with E-state index in [1.54, 1.807) is 0 Å². The summed E-state index contributed by atoms with van der Waals surface area (Å²) in [7, 11) is 0. The fraction of sp³-hybridized carbons (Fsp3) is 0.0667. The number of rotatable bonds is 4. The van der Waals surface area contributed by atoms with E-state index in [1.807, 2.05) is 6.07 Å². The number of nitrogens with one attached hydrogen (secondary N) is 2. The predicted molar refractivity (Wildman–Crippen MR) is 80.3 cm³/mol. The van der Waals surface area contributed by atoms with Crippen molar-refractivity contribution in [2.24, 2.45) is 0 Å². The molecule has 0 aliphatic rings. The minimum Gasteiger partial charge on any atom is -0.292 e. The number of amides is 1. The van der Waals surface area contributed by atoms with Crippen molar-refractivity contribution in [1.29, 1.82) is 5.26 Å². The molecule has 0 heterocycles. The number of nitro groups is 1. The molecule has 0 saturated carbocycles. The van der Waals surface area contributed by atoms with E-state index < -0.39 is 28.3 Å². The number of nitriles is 1. The van der Waals surface area contributed by atoms with Gasteiger partial charge in [0.15, 0.2) is 0 Å². The van der Waals surface area contributed by atoms with Crippen LogP contribution in [0.4, 0.5) is 24.5 Å². The third-order valence-corrected chi connectivity index (χ3v) is 3.09. The van der Waals surface area contributed by atoms with E-state index >= 15 is 0 Å². The van der Waals surface area contributed by atoms with E-state index in [0.29, 0.717) is 12.1 Å². The summed E-state index contributed by atoms with van der Waals surface area (Å²) in [6, 6.07) is 9.34. The number of carbonyl (C=O) groups is 1. The van der Waals surface area contributed by atoms with Gasteiger partial charge >= 0.3 is 6.18 Å². The van der Waals surface area contributed by atoms with E-state index in [9.17, 15) is 28.1 Å². The Bertz CT molecular complexity index is 875. The third kappa shape index (κ3) is 4.23. The van der Waals surface area contributed by atoms with Gasteiger partial charge in [0, 0.05) is 11.6 Å². The molecule has 10 heteroatoms. The summed E-state index contributed by atoms with van der Waals surface area (Å²) in [4.78, 5) is 21.9. The average Bonchev–Trinajstić information content (AvgIpc) is 2.58. The highest BCUT2D eigenvalue weighted by molar-refractivity contribution is 5.95. The van der Waals surface area contributed by atoms with Crippen LogP contribution >= 0.6 is 0 Å². The van der Waals surface area contributed by atoms with E-state index in [4.69, 9.17) is 5.26 Å². The van der Waals surface area contributed by atoms with Crippen molar-refractivity contribution in [1.82, 2.24) is 5.43 Å². The summed E-state index contributed by atoms with van der Waals surface area (Å²) in [6.07, 6.45) is -4.73. The molecule has 0 saturated heterocycles. The van der Waals surface area contributed by atoms with Crippen LogP contribution in [0.5, 0.6) is 0 Å². The molecule has 1 amide bonds. The number of hydrazine groups is 1. The SMILES string of the molecule is N#Cc1cccc(C(=O)NNc2ccc(C(F)(F)F)cc2[N+](=O)[O-])c1. The lowest BCUT2D eigenvalue weighted by Gasteiger charge is -2.11. The number of carbonyl (C=O) groups excluding carboxylic acids is 1. The maximum Gasteiger partial charge on any atom is 0.416 e. The van der Waals surface area contributed by atoms with Crippen LogP contribution < -0.4 is 10.9 Å². The monoisotopic (exact) mass is 350 g/mol. The van der Waals surface area contributed by atoms with Crippen molar-refractivity contribution in [3.05, 3.63) is 69.3 Å². The van der Waals surface area contributed by atoms with Crippen molar-refractivity contribution in [3.63, 3.8) is 0 Å². The van der Waals surface area contributed by atoms with Crippen LogP contribution in [0.2, 0.25) is 0 Å². The minimum absolute atomic E-state index is 0.0983. The number of alkyl halides is 3. The fourth-order valence-corrected chi connectivity index (χ4v) is 1.89. The largest absolute Gasteiger partial charge is 0.416 e. The van der Waals surface area contributed by atoms with Gasteiger partial charge in [-0.05, 0) is 30.3 Å². The molecule has 0 aliphatic heterocycles. The summed E-state index contributed by atoms with van der Waals surface area (Å²) >= 11 is 0. The van der Waals surface area contributed by atoms with Gasteiger partial charge in [-0.1, -0.05) is 6.07 Å². The summed E-state index contributed by atoms with van der Waals surface area (Å²) in [5, 5.41) is 19.7. The average molecular weight is 350 g/mol. The van der Waals surface area contributed by atoms with Crippen LogP contribution in [0, 0.1) is 21.4 Å². The van der Waals surface area contributed by atoms with E-state index in [1.165, 1.54) is 24.3 Å². The predicted octanol–water partition coefficient (Wildman–Crippen LogP) is 3.24. The van der Waals surface area contributed by atoms with Crippen LogP contribution in [-0.2, 0) is 6.18 Å². The Hall–Kier alpha value is -3.61. The minimum atomic E-state index is -4.73. The number of nitro benzene ring substituents is 1. The van der Waals surface area contributed by atoms with Gasteiger partial charge in [-0.25, -0.2) is 0 Å². The van der Waals surface area contributed by atoms with Crippen molar-refractivity contribution >= 4 is 17.3 Å². The maximum absolute atomic E-state index is 12.6. The van der Waals surface area contributed by atoms with Crippen LogP contribution in [0.1, 0.15) is 21.5 Å². The lowest BCUT2D eigenvalue weighted by Crippen LogP contribution is -2.29. The molecular weight excluding hydrogens is 341 g/mol. The molecule has 0 aliphatic carbocycles. The Labute approximate surface area is 138 Å². The molecule has 0 unspecified atom stereocenters. The van der Waals surface area contributed by atoms with Crippen molar-refractivity contribution in [2.45, 2.75) is 6.18 Å². The molecule has 128 valence electrons. The number of anilines is 1. The summed E-state index contributed by atoms with van der Waals surface area (Å²) in [5.74, 6) is -0.716.